The fraction of sp³-hybridized carbons (Fsp3) is 0.125. The van der Waals surface area contributed by atoms with Gasteiger partial charge in [-0.25, -0.2) is 5.01 Å². The summed E-state index contributed by atoms with van der Waals surface area (Å²) in [7, 11) is 0. The van der Waals surface area contributed by atoms with Crippen LogP contribution in [-0.4, -0.2) is 45.5 Å². The van der Waals surface area contributed by atoms with Crippen LogP contribution in [0.4, 0.5) is 11.4 Å². The van der Waals surface area contributed by atoms with Crippen LogP contribution in [0, 0.1) is 6.92 Å². The molecule has 0 radical (unpaired) electrons. The maximum absolute atomic E-state index is 15.1. The molecule has 48 heavy (non-hydrogen) atoms. The first-order chi connectivity index (χ1) is 23.6. The van der Waals surface area contributed by atoms with Crippen LogP contribution in [-0.2, 0) is 4.79 Å². The highest BCUT2D eigenvalue weighted by Gasteiger charge is 2.65. The number of benzene rings is 5. The molecule has 5 aromatic rings. The Morgan fingerprint density at radius 2 is 1.33 bits per heavy atom. The third-order valence-corrected chi connectivity index (χ3v) is 10.0. The van der Waals surface area contributed by atoms with E-state index in [0.717, 1.165) is 58.0 Å². The minimum absolute atomic E-state index is 0.0333. The molecule has 8 heteroatoms. The van der Waals surface area contributed by atoms with Gasteiger partial charge in [0, 0.05) is 29.8 Å². The fourth-order valence-electron chi connectivity index (χ4n) is 6.75. The van der Waals surface area contributed by atoms with E-state index in [4.69, 9.17) is 10.2 Å². The van der Waals surface area contributed by atoms with Gasteiger partial charge in [-0.05, 0) is 43.2 Å². The number of hydrogen-bond donors (Lipinski definition) is 1. The number of carbonyl (C=O) groups is 1. The summed E-state index contributed by atoms with van der Waals surface area (Å²) in [5.74, 6) is -0.210. The number of hydrazone groups is 2. The van der Waals surface area contributed by atoms with Crippen molar-refractivity contribution in [3.8, 4) is 0 Å². The molecule has 0 saturated carbocycles. The number of nitrogens with one attached hydrogen (secondary N) is 1. The summed E-state index contributed by atoms with van der Waals surface area (Å²) in [6.45, 7) is 3.42. The zero-order chi connectivity index (χ0) is 32.5. The van der Waals surface area contributed by atoms with Gasteiger partial charge in [0.05, 0.1) is 16.3 Å². The van der Waals surface area contributed by atoms with Crippen LogP contribution in [0.2, 0.25) is 0 Å². The number of amidine groups is 1. The third kappa shape index (κ3) is 5.05. The Morgan fingerprint density at radius 3 is 2.02 bits per heavy atom. The molecule has 5 aromatic carbocycles. The largest absolute Gasteiger partial charge is 0.309 e. The molecular formula is C40H34N6OS. The molecule has 7 nitrogen and oxygen atoms in total. The first-order valence-corrected chi connectivity index (χ1v) is 17.0. The Balaban J connectivity index is 1.36. The van der Waals surface area contributed by atoms with Crippen molar-refractivity contribution in [1.29, 1.82) is 0 Å². The number of amides is 1. The normalized spacial score (nSPS) is 18.9. The van der Waals surface area contributed by atoms with Gasteiger partial charge in [-0.15, -0.1) is 5.10 Å². The van der Waals surface area contributed by atoms with Gasteiger partial charge >= 0.3 is 0 Å². The lowest BCUT2D eigenvalue weighted by molar-refractivity contribution is -0.134. The predicted octanol–water partition coefficient (Wildman–Crippen LogP) is 8.00. The first-order valence-electron chi connectivity index (χ1n) is 16.2. The molecule has 1 spiro atoms. The molecule has 8 rings (SSSR count). The van der Waals surface area contributed by atoms with Crippen LogP contribution in [0.25, 0.3) is 5.57 Å². The smallest absolute Gasteiger partial charge is 0.264 e. The van der Waals surface area contributed by atoms with Crippen molar-refractivity contribution >= 4 is 45.5 Å². The lowest BCUT2D eigenvalue weighted by Gasteiger charge is -2.51. The second-order valence-electron chi connectivity index (χ2n) is 12.0. The summed E-state index contributed by atoms with van der Waals surface area (Å²) < 4.78 is 0. The van der Waals surface area contributed by atoms with Crippen molar-refractivity contribution in [2.75, 3.05) is 23.5 Å². The van der Waals surface area contributed by atoms with Gasteiger partial charge in [0.15, 0.2) is 5.84 Å². The Kier molecular flexibility index (Phi) is 7.78. The molecule has 3 heterocycles. The molecule has 0 aliphatic carbocycles. The lowest BCUT2D eigenvalue weighted by Crippen LogP contribution is -2.68. The van der Waals surface area contributed by atoms with Crippen LogP contribution < -0.4 is 10.4 Å². The standard InChI is InChI=1S/C40H34N6OS/c1-29-23-25-30(26-24-29)35-36(48-38(32-17-8-3-9-18-32)42-41-33-19-10-4-11-20-33)39(47)45-28-14-27-44-37(31-15-6-2-7-16-31)43-46(40(35,44)45)34-21-12-5-13-22-34/h2-13,15-26,41H,14,27-28H2,1H3/b42-38+. The summed E-state index contributed by atoms with van der Waals surface area (Å²) in [6.07, 6.45) is 0.816. The number of rotatable bonds is 7. The quantitative estimate of drug-likeness (QED) is 0.110. The number of hydrogen-bond acceptors (Lipinski definition) is 7. The van der Waals surface area contributed by atoms with Crippen LogP contribution in [0.5, 0.6) is 0 Å². The van der Waals surface area contributed by atoms with Crippen LogP contribution in [0.3, 0.4) is 0 Å². The number of anilines is 2. The van der Waals surface area contributed by atoms with Gasteiger partial charge in [0.1, 0.15) is 5.04 Å². The Hall–Kier alpha value is -5.60. The summed E-state index contributed by atoms with van der Waals surface area (Å²) in [4.78, 5) is 20.0. The number of thioether (sulfide) groups is 1. The van der Waals surface area contributed by atoms with Crippen molar-refractivity contribution in [3.05, 3.63) is 173 Å². The Morgan fingerprint density at radius 1 is 0.729 bits per heavy atom. The van der Waals surface area contributed by atoms with Crippen molar-refractivity contribution in [1.82, 2.24) is 9.80 Å². The molecule has 1 saturated heterocycles. The van der Waals surface area contributed by atoms with E-state index in [-0.39, 0.29) is 5.91 Å². The SMILES string of the molecule is Cc1ccc(C2=C(S/C(=N/Nc3ccccc3)c3ccccc3)C(=O)N3CCCN4C(c5ccccc5)=NN(c5ccccc5)C234)cc1. The molecule has 3 aliphatic rings. The molecule has 3 aliphatic heterocycles. The molecule has 236 valence electrons. The summed E-state index contributed by atoms with van der Waals surface area (Å²) in [6, 6.07) is 48.9. The van der Waals surface area contributed by atoms with Gasteiger partial charge in [-0.2, -0.15) is 5.10 Å². The number of para-hydroxylation sites is 2. The van der Waals surface area contributed by atoms with Crippen LogP contribution >= 0.6 is 11.8 Å². The zero-order valence-electron chi connectivity index (χ0n) is 26.5. The Labute approximate surface area is 284 Å². The summed E-state index contributed by atoms with van der Waals surface area (Å²) in [5.41, 5.74) is 9.97. The fourth-order valence-corrected chi connectivity index (χ4v) is 7.84. The van der Waals surface area contributed by atoms with Crippen molar-refractivity contribution in [2.24, 2.45) is 10.2 Å². The topological polar surface area (TPSA) is 63.5 Å². The van der Waals surface area contributed by atoms with Crippen LogP contribution in [0.15, 0.2) is 161 Å². The van der Waals surface area contributed by atoms with Gasteiger partial charge < -0.3 is 4.90 Å². The van der Waals surface area contributed by atoms with Crippen molar-refractivity contribution < 1.29 is 4.79 Å². The lowest BCUT2D eigenvalue weighted by atomic mass is 9.94. The van der Waals surface area contributed by atoms with E-state index in [1.807, 2.05) is 102 Å². The zero-order valence-corrected chi connectivity index (χ0v) is 27.3. The van der Waals surface area contributed by atoms with E-state index in [9.17, 15) is 0 Å². The second-order valence-corrected chi connectivity index (χ2v) is 13.0. The molecule has 1 unspecified atom stereocenters. The molecule has 0 bridgehead atoms. The first kappa shape index (κ1) is 29.8. The molecule has 1 N–H and O–H groups in total. The van der Waals surface area contributed by atoms with Gasteiger partial charge in [-0.1, -0.05) is 139 Å². The Bertz CT molecular complexity index is 2030. The van der Waals surface area contributed by atoms with Crippen LogP contribution in [0.1, 0.15) is 28.7 Å². The summed E-state index contributed by atoms with van der Waals surface area (Å²) >= 11 is 1.42. The van der Waals surface area contributed by atoms with E-state index in [1.165, 1.54) is 11.8 Å². The number of nitrogens with zero attached hydrogens (tertiary/aromatic N) is 5. The molecule has 1 atom stereocenters. The maximum Gasteiger partial charge on any atom is 0.264 e. The molecular weight excluding hydrogens is 613 g/mol. The average molecular weight is 647 g/mol. The number of carbonyl (C=O) groups excluding carboxylic acids is 1. The monoisotopic (exact) mass is 646 g/mol. The number of aryl methyl sites for hydroxylation is 1. The molecule has 0 aromatic heterocycles. The molecule has 1 amide bonds. The van der Waals surface area contributed by atoms with E-state index >= 15 is 4.79 Å². The van der Waals surface area contributed by atoms with E-state index in [1.54, 1.807) is 0 Å². The third-order valence-electron chi connectivity index (χ3n) is 8.92. The predicted molar refractivity (Wildman–Crippen MR) is 196 cm³/mol. The highest BCUT2D eigenvalue weighted by molar-refractivity contribution is 8.18. The van der Waals surface area contributed by atoms with Crippen molar-refractivity contribution in [3.63, 3.8) is 0 Å². The van der Waals surface area contributed by atoms with Gasteiger partial charge in [0.25, 0.3) is 5.91 Å². The van der Waals surface area contributed by atoms with Gasteiger partial charge in [-0.3, -0.25) is 15.1 Å². The van der Waals surface area contributed by atoms with E-state index < -0.39 is 5.79 Å². The average Bonchev–Trinajstić information content (AvgIpc) is 3.62. The minimum Gasteiger partial charge on any atom is -0.309 e. The summed E-state index contributed by atoms with van der Waals surface area (Å²) in [5, 5.41) is 13.1. The van der Waals surface area contributed by atoms with E-state index in [0.29, 0.717) is 16.5 Å². The van der Waals surface area contributed by atoms with E-state index in [2.05, 4.69) is 70.8 Å². The van der Waals surface area contributed by atoms with Crippen molar-refractivity contribution in [2.45, 2.75) is 19.1 Å². The second kappa shape index (κ2) is 12.5. The highest BCUT2D eigenvalue weighted by Crippen LogP contribution is 2.55. The maximum atomic E-state index is 15.1. The highest BCUT2D eigenvalue weighted by atomic mass is 32.2. The minimum atomic E-state index is -1.02. The van der Waals surface area contributed by atoms with Gasteiger partial charge in [0.2, 0.25) is 5.79 Å². The molecule has 1 fully saturated rings.